The highest BCUT2D eigenvalue weighted by atomic mass is 15.1. The van der Waals surface area contributed by atoms with Crippen LogP contribution in [0.2, 0.25) is 0 Å². The second-order valence-corrected chi connectivity index (χ2v) is 5.34. The van der Waals surface area contributed by atoms with Crippen molar-refractivity contribution in [2.75, 3.05) is 13.1 Å². The summed E-state index contributed by atoms with van der Waals surface area (Å²) in [5.74, 6) is 0. The Bertz CT molecular complexity index is 511. The van der Waals surface area contributed by atoms with Crippen molar-refractivity contribution in [1.82, 2.24) is 9.88 Å². The van der Waals surface area contributed by atoms with Gasteiger partial charge in [0.25, 0.3) is 0 Å². The van der Waals surface area contributed by atoms with Gasteiger partial charge in [-0.2, -0.15) is 0 Å². The third kappa shape index (κ3) is 2.75. The van der Waals surface area contributed by atoms with E-state index in [9.17, 15) is 0 Å². The van der Waals surface area contributed by atoms with Crippen molar-refractivity contribution in [2.24, 2.45) is 0 Å². The Morgan fingerprint density at radius 3 is 2.72 bits per heavy atom. The molecule has 18 heavy (non-hydrogen) atoms. The molecule has 1 N–H and O–H groups in total. The molecular formula is C16H24N2. The van der Waals surface area contributed by atoms with Crippen LogP contribution in [0.15, 0.2) is 24.4 Å². The molecule has 0 aliphatic carbocycles. The number of aromatic nitrogens is 1. The van der Waals surface area contributed by atoms with E-state index in [-0.39, 0.29) is 0 Å². The lowest BCUT2D eigenvalue weighted by Crippen LogP contribution is -2.32. The fourth-order valence-corrected chi connectivity index (χ4v) is 2.54. The topological polar surface area (TPSA) is 19.0 Å². The largest absolute Gasteiger partial charge is 0.361 e. The molecule has 1 heterocycles. The Morgan fingerprint density at radius 2 is 2.06 bits per heavy atom. The minimum absolute atomic E-state index is 0.627. The van der Waals surface area contributed by atoms with Crippen LogP contribution in [0.3, 0.4) is 0 Å². The first kappa shape index (κ1) is 13.2. The third-order valence-electron chi connectivity index (χ3n) is 3.73. The summed E-state index contributed by atoms with van der Waals surface area (Å²) < 4.78 is 0. The minimum atomic E-state index is 0.627. The zero-order valence-electron chi connectivity index (χ0n) is 12.0. The van der Waals surface area contributed by atoms with Crippen molar-refractivity contribution in [3.8, 4) is 0 Å². The van der Waals surface area contributed by atoms with Crippen molar-refractivity contribution in [2.45, 2.75) is 40.2 Å². The highest BCUT2D eigenvalue weighted by Crippen LogP contribution is 2.20. The normalized spacial score (nSPS) is 11.9. The van der Waals surface area contributed by atoms with E-state index in [1.165, 1.54) is 22.0 Å². The molecule has 2 nitrogen and oxygen atoms in total. The summed E-state index contributed by atoms with van der Waals surface area (Å²) in [7, 11) is 0. The van der Waals surface area contributed by atoms with Gasteiger partial charge in [0.05, 0.1) is 0 Å². The molecule has 0 atom stereocenters. The Balaban J connectivity index is 2.14. The average molecular weight is 244 g/mol. The van der Waals surface area contributed by atoms with Crippen LogP contribution in [0.25, 0.3) is 10.9 Å². The maximum atomic E-state index is 3.37. The van der Waals surface area contributed by atoms with Crippen molar-refractivity contribution in [3.63, 3.8) is 0 Å². The van der Waals surface area contributed by atoms with E-state index < -0.39 is 0 Å². The molecular weight excluding hydrogens is 220 g/mol. The van der Waals surface area contributed by atoms with Crippen molar-refractivity contribution < 1.29 is 0 Å². The summed E-state index contributed by atoms with van der Waals surface area (Å²) in [6, 6.07) is 7.25. The van der Waals surface area contributed by atoms with E-state index >= 15 is 0 Å². The molecule has 2 rings (SSSR count). The lowest BCUT2D eigenvalue weighted by atomic mass is 10.1. The SMILES string of the molecule is CCN(CCc1c[nH]c2ccc(C)cc12)C(C)C. The number of hydrogen-bond donors (Lipinski definition) is 1. The molecule has 98 valence electrons. The zero-order valence-corrected chi connectivity index (χ0v) is 12.0. The number of fused-ring (bicyclic) bond motifs is 1. The summed E-state index contributed by atoms with van der Waals surface area (Å²) in [6.07, 6.45) is 3.29. The number of H-pyrrole nitrogens is 1. The van der Waals surface area contributed by atoms with Crippen LogP contribution in [-0.2, 0) is 6.42 Å². The number of nitrogens with zero attached hydrogens (tertiary/aromatic N) is 1. The second kappa shape index (κ2) is 5.57. The Hall–Kier alpha value is -1.28. The molecule has 0 unspecified atom stereocenters. The van der Waals surface area contributed by atoms with Crippen LogP contribution in [0.1, 0.15) is 31.9 Å². The van der Waals surface area contributed by atoms with Crippen LogP contribution < -0.4 is 0 Å². The molecule has 0 aliphatic heterocycles. The number of aromatic amines is 1. The van der Waals surface area contributed by atoms with Gasteiger partial charge in [0.1, 0.15) is 0 Å². The highest BCUT2D eigenvalue weighted by Gasteiger charge is 2.09. The average Bonchev–Trinajstić information content (AvgIpc) is 2.72. The molecule has 1 aromatic carbocycles. The number of likely N-dealkylation sites (N-methyl/N-ethyl adjacent to an activating group) is 1. The molecule has 2 heteroatoms. The van der Waals surface area contributed by atoms with Crippen molar-refractivity contribution >= 4 is 10.9 Å². The molecule has 0 spiro atoms. The Labute approximate surface area is 110 Å². The monoisotopic (exact) mass is 244 g/mol. The molecule has 0 amide bonds. The van der Waals surface area contributed by atoms with E-state index in [4.69, 9.17) is 0 Å². The number of benzene rings is 1. The third-order valence-corrected chi connectivity index (χ3v) is 3.73. The molecule has 2 aromatic rings. The van der Waals surface area contributed by atoms with Gasteiger partial charge < -0.3 is 9.88 Å². The first-order valence-corrected chi connectivity index (χ1v) is 6.92. The first-order valence-electron chi connectivity index (χ1n) is 6.92. The lowest BCUT2D eigenvalue weighted by molar-refractivity contribution is 0.237. The van der Waals surface area contributed by atoms with Crippen LogP contribution >= 0.6 is 0 Å². The van der Waals surface area contributed by atoms with Crippen LogP contribution in [0.5, 0.6) is 0 Å². The van der Waals surface area contributed by atoms with Gasteiger partial charge in [0.2, 0.25) is 0 Å². The van der Waals surface area contributed by atoms with E-state index in [2.05, 4.69) is 62.0 Å². The van der Waals surface area contributed by atoms with Gasteiger partial charge in [0, 0.05) is 29.7 Å². The predicted molar refractivity (Wildman–Crippen MR) is 79.1 cm³/mol. The molecule has 0 fully saturated rings. The molecule has 0 saturated heterocycles. The van der Waals surface area contributed by atoms with E-state index in [1.807, 2.05) is 0 Å². The molecule has 0 aliphatic rings. The van der Waals surface area contributed by atoms with Gasteiger partial charge in [-0.1, -0.05) is 18.6 Å². The van der Waals surface area contributed by atoms with E-state index in [0.29, 0.717) is 6.04 Å². The summed E-state index contributed by atoms with van der Waals surface area (Å²) in [5, 5.41) is 1.38. The number of rotatable bonds is 5. The minimum Gasteiger partial charge on any atom is -0.361 e. The quantitative estimate of drug-likeness (QED) is 0.848. The maximum absolute atomic E-state index is 3.37. The number of aryl methyl sites for hydroxylation is 1. The second-order valence-electron chi connectivity index (χ2n) is 5.34. The van der Waals surface area contributed by atoms with Crippen LogP contribution in [-0.4, -0.2) is 29.0 Å². The summed E-state index contributed by atoms with van der Waals surface area (Å²) in [4.78, 5) is 5.88. The smallest absolute Gasteiger partial charge is 0.0456 e. The predicted octanol–water partition coefficient (Wildman–Crippen LogP) is 3.75. The van der Waals surface area contributed by atoms with Crippen LogP contribution in [0.4, 0.5) is 0 Å². The Kier molecular flexibility index (Phi) is 4.07. The zero-order chi connectivity index (χ0) is 13.1. The summed E-state index contributed by atoms with van der Waals surface area (Å²) >= 11 is 0. The number of nitrogens with one attached hydrogen (secondary N) is 1. The van der Waals surface area contributed by atoms with Gasteiger partial charge in [-0.15, -0.1) is 0 Å². The maximum Gasteiger partial charge on any atom is 0.0456 e. The van der Waals surface area contributed by atoms with Gasteiger partial charge in [-0.25, -0.2) is 0 Å². The van der Waals surface area contributed by atoms with Gasteiger partial charge in [-0.3, -0.25) is 0 Å². The van der Waals surface area contributed by atoms with E-state index in [1.54, 1.807) is 0 Å². The van der Waals surface area contributed by atoms with Crippen LogP contribution in [0, 0.1) is 6.92 Å². The summed E-state index contributed by atoms with van der Waals surface area (Å²) in [5.41, 5.74) is 4.02. The molecule has 0 bridgehead atoms. The van der Waals surface area contributed by atoms with Crippen molar-refractivity contribution in [3.05, 3.63) is 35.5 Å². The standard InChI is InChI=1S/C16H24N2/c1-5-18(12(2)3)9-8-14-11-17-16-7-6-13(4)10-15(14)16/h6-7,10-12,17H,5,8-9H2,1-4H3. The fraction of sp³-hybridized carbons (Fsp3) is 0.500. The van der Waals surface area contributed by atoms with Gasteiger partial charge >= 0.3 is 0 Å². The molecule has 1 aromatic heterocycles. The van der Waals surface area contributed by atoms with Gasteiger partial charge in [-0.05, 0) is 51.4 Å². The highest BCUT2D eigenvalue weighted by molar-refractivity contribution is 5.83. The lowest BCUT2D eigenvalue weighted by Gasteiger charge is -2.24. The summed E-state index contributed by atoms with van der Waals surface area (Å²) in [6.45, 7) is 11.2. The van der Waals surface area contributed by atoms with Gasteiger partial charge in [0.15, 0.2) is 0 Å². The molecule has 0 radical (unpaired) electrons. The molecule has 0 saturated carbocycles. The fourth-order valence-electron chi connectivity index (χ4n) is 2.54. The van der Waals surface area contributed by atoms with Crippen molar-refractivity contribution in [1.29, 1.82) is 0 Å². The van der Waals surface area contributed by atoms with E-state index in [0.717, 1.165) is 19.5 Å². The number of hydrogen-bond acceptors (Lipinski definition) is 1. The Morgan fingerprint density at radius 1 is 1.28 bits per heavy atom. The first-order chi connectivity index (χ1) is 8.61.